The van der Waals surface area contributed by atoms with Crippen molar-refractivity contribution in [3.63, 3.8) is 0 Å². The van der Waals surface area contributed by atoms with Gasteiger partial charge in [0.1, 0.15) is 6.54 Å². The highest BCUT2D eigenvalue weighted by atomic mass is 35.5. The number of benzene rings is 2. The van der Waals surface area contributed by atoms with Crippen molar-refractivity contribution in [1.29, 1.82) is 0 Å². The summed E-state index contributed by atoms with van der Waals surface area (Å²) in [7, 11) is 1.71. The van der Waals surface area contributed by atoms with Crippen molar-refractivity contribution in [3.05, 3.63) is 65.0 Å². The first kappa shape index (κ1) is 34.8. The molecule has 0 aliphatic carbocycles. The number of fused-ring (bicyclic) bond motifs is 1. The molecule has 2 N–H and O–H groups in total. The van der Waals surface area contributed by atoms with E-state index in [1.165, 1.54) is 16.0 Å². The van der Waals surface area contributed by atoms with Gasteiger partial charge in [0.15, 0.2) is 0 Å². The summed E-state index contributed by atoms with van der Waals surface area (Å²) in [5, 5.41) is 13.2. The number of amides is 2. The quantitative estimate of drug-likeness (QED) is 0.304. The Hall–Kier alpha value is -3.39. The SMILES string of the molecule is CCNCCN(CC(=O)N(C)N1Cc2ccccc2C1)C(=O)CNc1ccc(-c2noc(C(F)(F)F)n2)cc1C.Cl.Cl. The van der Waals surface area contributed by atoms with Crippen molar-refractivity contribution in [2.45, 2.75) is 33.1 Å². The number of hydrazine groups is 1. The molecule has 2 aromatic carbocycles. The molecule has 0 fully saturated rings. The highest BCUT2D eigenvalue weighted by molar-refractivity contribution is 5.87. The Balaban J connectivity index is 0.00000308. The Labute approximate surface area is 254 Å². The van der Waals surface area contributed by atoms with Gasteiger partial charge in [-0.2, -0.15) is 18.2 Å². The topological polar surface area (TPSA) is 107 Å². The molecule has 3 aromatic rings. The number of carbonyl (C=O) groups is 2. The molecule has 0 saturated carbocycles. The minimum atomic E-state index is -4.73. The fourth-order valence-electron chi connectivity index (χ4n) is 4.37. The minimum Gasteiger partial charge on any atom is -0.376 e. The number of nitrogens with one attached hydrogen (secondary N) is 2. The van der Waals surface area contributed by atoms with E-state index < -0.39 is 12.1 Å². The maximum absolute atomic E-state index is 13.2. The molecule has 10 nitrogen and oxygen atoms in total. The van der Waals surface area contributed by atoms with Gasteiger partial charge in [-0.3, -0.25) is 14.6 Å². The van der Waals surface area contributed by atoms with Gasteiger partial charge in [-0.05, 0) is 48.4 Å². The predicted molar refractivity (Wildman–Crippen MR) is 156 cm³/mol. The number of hydrogen-bond acceptors (Lipinski definition) is 8. The number of carbonyl (C=O) groups excluding carboxylic acids is 2. The average molecular weight is 633 g/mol. The number of nitrogens with zero attached hydrogens (tertiary/aromatic N) is 5. The Morgan fingerprint density at radius 1 is 1.07 bits per heavy atom. The second-order valence-electron chi connectivity index (χ2n) is 9.48. The van der Waals surface area contributed by atoms with Crippen LogP contribution in [0.1, 0.15) is 29.5 Å². The van der Waals surface area contributed by atoms with E-state index in [1.807, 2.05) is 36.2 Å². The van der Waals surface area contributed by atoms with Crippen molar-refractivity contribution in [3.8, 4) is 11.4 Å². The maximum atomic E-state index is 13.2. The number of rotatable bonds is 11. The van der Waals surface area contributed by atoms with E-state index in [9.17, 15) is 22.8 Å². The van der Waals surface area contributed by atoms with E-state index in [4.69, 9.17) is 0 Å². The van der Waals surface area contributed by atoms with Crippen LogP contribution in [0.15, 0.2) is 47.0 Å². The largest absolute Gasteiger partial charge is 0.471 e. The molecule has 0 radical (unpaired) electrons. The van der Waals surface area contributed by atoms with Crippen molar-refractivity contribution < 1.29 is 27.3 Å². The van der Waals surface area contributed by atoms with Crippen LogP contribution in [0.5, 0.6) is 0 Å². The van der Waals surface area contributed by atoms with Crippen molar-refractivity contribution >= 4 is 42.3 Å². The van der Waals surface area contributed by atoms with Gasteiger partial charge < -0.3 is 20.1 Å². The second kappa shape index (κ2) is 15.2. The number of likely N-dealkylation sites (N-methyl/N-ethyl adjacent to an activating group) is 2. The van der Waals surface area contributed by atoms with Crippen LogP contribution >= 0.6 is 24.8 Å². The lowest BCUT2D eigenvalue weighted by Gasteiger charge is -2.31. The van der Waals surface area contributed by atoms with Gasteiger partial charge in [0.2, 0.25) is 11.7 Å². The molecule has 0 bridgehead atoms. The van der Waals surface area contributed by atoms with Crippen LogP contribution < -0.4 is 10.6 Å². The molecule has 0 saturated heterocycles. The summed E-state index contributed by atoms with van der Waals surface area (Å²) in [4.78, 5) is 31.3. The van der Waals surface area contributed by atoms with E-state index in [0.717, 1.165) is 6.54 Å². The Bertz CT molecular complexity index is 1330. The molecule has 4 rings (SSSR count). The van der Waals surface area contributed by atoms with Crippen LogP contribution in [-0.2, 0) is 28.9 Å². The van der Waals surface area contributed by atoms with Crippen LogP contribution in [0.4, 0.5) is 18.9 Å². The lowest BCUT2D eigenvalue weighted by Crippen LogP contribution is -2.49. The van der Waals surface area contributed by atoms with Crippen molar-refractivity contribution in [1.82, 2.24) is 30.4 Å². The molecule has 0 atom stereocenters. The molecule has 42 heavy (non-hydrogen) atoms. The maximum Gasteiger partial charge on any atom is 0.471 e. The molecule has 230 valence electrons. The fourth-order valence-corrected chi connectivity index (χ4v) is 4.37. The molecule has 2 amide bonds. The zero-order valence-electron chi connectivity index (χ0n) is 23.4. The lowest BCUT2D eigenvalue weighted by molar-refractivity contribution is -0.159. The lowest BCUT2D eigenvalue weighted by atomic mass is 10.1. The first-order chi connectivity index (χ1) is 19.1. The van der Waals surface area contributed by atoms with Gasteiger partial charge in [-0.25, -0.2) is 5.01 Å². The monoisotopic (exact) mass is 631 g/mol. The predicted octanol–water partition coefficient (Wildman–Crippen LogP) is 4.15. The van der Waals surface area contributed by atoms with Gasteiger partial charge in [-0.1, -0.05) is 36.3 Å². The first-order valence-electron chi connectivity index (χ1n) is 12.9. The summed E-state index contributed by atoms with van der Waals surface area (Å²) in [6, 6.07) is 12.8. The fraction of sp³-hybridized carbons (Fsp3) is 0.407. The van der Waals surface area contributed by atoms with Crippen LogP contribution in [0.25, 0.3) is 11.4 Å². The summed E-state index contributed by atoms with van der Waals surface area (Å²) in [5.41, 5.74) is 3.98. The molecular formula is C27H34Cl2F3N7O3. The summed E-state index contributed by atoms with van der Waals surface area (Å²) < 4.78 is 42.7. The molecule has 2 heterocycles. The number of anilines is 1. The smallest absolute Gasteiger partial charge is 0.376 e. The summed E-state index contributed by atoms with van der Waals surface area (Å²) in [6.07, 6.45) is -4.73. The Morgan fingerprint density at radius 3 is 2.31 bits per heavy atom. The normalized spacial score (nSPS) is 12.6. The van der Waals surface area contributed by atoms with Gasteiger partial charge in [-0.15, -0.1) is 24.8 Å². The average Bonchev–Trinajstić information content (AvgIpc) is 3.59. The van der Waals surface area contributed by atoms with Crippen LogP contribution in [0.3, 0.4) is 0 Å². The van der Waals surface area contributed by atoms with E-state index >= 15 is 0 Å². The van der Waals surface area contributed by atoms with Gasteiger partial charge in [0, 0.05) is 44.5 Å². The molecule has 1 aliphatic heterocycles. The van der Waals surface area contributed by atoms with Crippen molar-refractivity contribution in [2.24, 2.45) is 0 Å². The summed E-state index contributed by atoms with van der Waals surface area (Å²) >= 11 is 0. The van der Waals surface area contributed by atoms with E-state index in [-0.39, 0.29) is 55.5 Å². The number of alkyl halides is 3. The number of halogens is 5. The van der Waals surface area contributed by atoms with E-state index in [0.29, 0.717) is 43.0 Å². The van der Waals surface area contributed by atoms with Crippen LogP contribution in [-0.4, -0.2) is 76.6 Å². The second-order valence-corrected chi connectivity index (χ2v) is 9.48. The molecule has 15 heteroatoms. The summed E-state index contributed by atoms with van der Waals surface area (Å²) in [6.45, 7) is 6.43. The Morgan fingerprint density at radius 2 is 1.74 bits per heavy atom. The van der Waals surface area contributed by atoms with Crippen LogP contribution in [0.2, 0.25) is 0 Å². The third-order valence-electron chi connectivity index (χ3n) is 6.68. The number of hydrogen-bond donors (Lipinski definition) is 2. The highest BCUT2D eigenvalue weighted by Crippen LogP contribution is 2.30. The van der Waals surface area contributed by atoms with E-state index in [2.05, 4.69) is 25.3 Å². The first-order valence-corrected chi connectivity index (χ1v) is 12.9. The van der Waals surface area contributed by atoms with Gasteiger partial charge in [0.05, 0.1) is 6.54 Å². The third kappa shape index (κ3) is 8.57. The molecule has 0 unspecified atom stereocenters. The zero-order valence-corrected chi connectivity index (χ0v) is 25.0. The van der Waals surface area contributed by atoms with Gasteiger partial charge >= 0.3 is 12.1 Å². The third-order valence-corrected chi connectivity index (χ3v) is 6.68. The zero-order chi connectivity index (χ0) is 28.9. The molecule has 0 spiro atoms. The molecule has 1 aromatic heterocycles. The van der Waals surface area contributed by atoms with Gasteiger partial charge in [0.25, 0.3) is 5.91 Å². The van der Waals surface area contributed by atoms with E-state index in [1.54, 1.807) is 37.2 Å². The number of aryl methyl sites for hydroxylation is 1. The highest BCUT2D eigenvalue weighted by Gasteiger charge is 2.38. The Kier molecular flexibility index (Phi) is 12.6. The minimum absolute atomic E-state index is 0. The molecule has 1 aliphatic rings. The van der Waals surface area contributed by atoms with Crippen molar-refractivity contribution in [2.75, 3.05) is 45.1 Å². The molecular weight excluding hydrogens is 598 g/mol. The van der Waals surface area contributed by atoms with Crippen LogP contribution in [0, 0.1) is 6.92 Å². The standard InChI is InChI=1S/C27H32F3N7O3.2ClH/c1-4-31-11-12-36(17-24(39)35(3)37-15-20-7-5-6-8-21(20)16-37)23(38)14-32-22-10-9-19(13-18(22)2)25-33-26(40-34-25)27(28,29)30;;/h5-10,13,31-32H,4,11-12,14-17H2,1-3H3;2*1H. The summed E-state index contributed by atoms with van der Waals surface area (Å²) in [5.74, 6) is -2.06. The number of aromatic nitrogens is 2.